The Morgan fingerprint density at radius 1 is 1.00 bits per heavy atom. The molecule has 0 radical (unpaired) electrons. The fraction of sp³-hybridized carbons (Fsp3) is 0.217. The van der Waals surface area contributed by atoms with Crippen LogP contribution >= 0.6 is 0 Å². The van der Waals surface area contributed by atoms with Gasteiger partial charge in [0.1, 0.15) is 17.5 Å². The van der Waals surface area contributed by atoms with E-state index in [0.29, 0.717) is 41.8 Å². The quantitative estimate of drug-likeness (QED) is 0.515. The maximum Gasteiger partial charge on any atom is 0.229 e. The van der Waals surface area contributed by atoms with E-state index >= 15 is 0 Å². The normalized spacial score (nSPS) is 14.0. The van der Waals surface area contributed by atoms with E-state index < -0.39 is 11.6 Å². The molecule has 1 saturated heterocycles. The Hall–Kier alpha value is -3.72. The first-order valence-electron chi connectivity index (χ1n) is 10.2. The molecule has 9 heteroatoms. The van der Waals surface area contributed by atoms with E-state index in [0.717, 1.165) is 25.0 Å². The summed E-state index contributed by atoms with van der Waals surface area (Å²) in [5.41, 5.74) is 2.38. The second-order valence-corrected chi connectivity index (χ2v) is 7.42. The second kappa shape index (κ2) is 8.43. The number of rotatable bonds is 4. The molecule has 0 bridgehead atoms. The molecule has 4 aromatic rings. The number of nitrogens with zero attached hydrogens (tertiary/aromatic N) is 5. The van der Waals surface area contributed by atoms with E-state index in [1.807, 2.05) is 19.1 Å². The van der Waals surface area contributed by atoms with Crippen molar-refractivity contribution in [3.63, 3.8) is 0 Å². The highest BCUT2D eigenvalue weighted by Gasteiger charge is 2.20. The van der Waals surface area contributed by atoms with Crippen molar-refractivity contribution in [2.45, 2.75) is 6.92 Å². The SMILES string of the molecule is Cc1c(-c2ccccn2)nc2cc(F)cc(F)c2c1Nc1nccc(N2CCOCC2)n1. The van der Waals surface area contributed by atoms with Crippen LogP contribution in [0.2, 0.25) is 0 Å². The van der Waals surface area contributed by atoms with Gasteiger partial charge in [0.2, 0.25) is 5.95 Å². The lowest BCUT2D eigenvalue weighted by Gasteiger charge is -2.27. The molecule has 1 aliphatic heterocycles. The number of ether oxygens (including phenoxy) is 1. The van der Waals surface area contributed by atoms with Gasteiger partial charge in [-0.2, -0.15) is 4.98 Å². The lowest BCUT2D eigenvalue weighted by molar-refractivity contribution is 0.122. The average molecular weight is 434 g/mol. The maximum atomic E-state index is 14.9. The predicted octanol–water partition coefficient (Wildman–Crippen LogP) is 4.25. The third-order valence-corrected chi connectivity index (χ3v) is 5.37. The highest BCUT2D eigenvalue weighted by Crippen LogP contribution is 2.36. The fourth-order valence-electron chi connectivity index (χ4n) is 3.80. The Balaban J connectivity index is 1.64. The lowest BCUT2D eigenvalue weighted by Crippen LogP contribution is -2.36. The van der Waals surface area contributed by atoms with Crippen LogP contribution in [0.1, 0.15) is 5.56 Å². The minimum atomic E-state index is -0.713. The molecule has 1 aliphatic rings. The molecule has 1 aromatic carbocycles. The Morgan fingerprint density at radius 2 is 1.84 bits per heavy atom. The number of pyridine rings is 2. The van der Waals surface area contributed by atoms with Crippen LogP contribution in [-0.2, 0) is 4.74 Å². The molecule has 162 valence electrons. The van der Waals surface area contributed by atoms with Crippen molar-refractivity contribution in [2.24, 2.45) is 0 Å². The summed E-state index contributed by atoms with van der Waals surface area (Å²) >= 11 is 0. The standard InChI is InChI=1S/C23H20F2N6O/c1-14-21(17-4-2-3-6-26-17)28-18-13-15(24)12-16(25)20(18)22(14)30-23-27-7-5-19(29-23)31-8-10-32-11-9-31/h2-7,12-13H,8-11H2,1H3,(H,27,28,29,30). The molecule has 7 nitrogen and oxygen atoms in total. The summed E-state index contributed by atoms with van der Waals surface area (Å²) in [5, 5.41) is 3.33. The summed E-state index contributed by atoms with van der Waals surface area (Å²) in [6.07, 6.45) is 3.30. The van der Waals surface area contributed by atoms with Crippen molar-refractivity contribution in [1.29, 1.82) is 0 Å². The molecule has 32 heavy (non-hydrogen) atoms. The van der Waals surface area contributed by atoms with E-state index in [9.17, 15) is 8.78 Å². The molecule has 4 heterocycles. The maximum absolute atomic E-state index is 14.9. The highest BCUT2D eigenvalue weighted by molar-refractivity contribution is 5.97. The second-order valence-electron chi connectivity index (χ2n) is 7.42. The summed E-state index contributed by atoms with van der Waals surface area (Å²) in [6.45, 7) is 4.53. The van der Waals surface area contributed by atoms with E-state index in [2.05, 4.69) is 30.2 Å². The minimum Gasteiger partial charge on any atom is -0.378 e. The Morgan fingerprint density at radius 3 is 2.62 bits per heavy atom. The van der Waals surface area contributed by atoms with Crippen LogP contribution in [0.4, 0.5) is 26.2 Å². The largest absolute Gasteiger partial charge is 0.378 e. The molecule has 0 saturated carbocycles. The number of hydrogen-bond acceptors (Lipinski definition) is 7. The highest BCUT2D eigenvalue weighted by atomic mass is 19.1. The van der Waals surface area contributed by atoms with Crippen LogP contribution in [0, 0.1) is 18.6 Å². The predicted molar refractivity (Wildman–Crippen MR) is 118 cm³/mol. The number of benzene rings is 1. The number of aromatic nitrogens is 4. The minimum absolute atomic E-state index is 0.170. The van der Waals surface area contributed by atoms with Gasteiger partial charge in [0, 0.05) is 43.2 Å². The Labute approximate surface area is 183 Å². The first-order chi connectivity index (χ1) is 15.6. The number of fused-ring (bicyclic) bond motifs is 1. The van der Waals surface area contributed by atoms with Crippen molar-refractivity contribution in [3.05, 3.63) is 66.0 Å². The zero-order valence-corrected chi connectivity index (χ0v) is 17.3. The Bertz CT molecular complexity index is 1280. The summed E-state index contributed by atoms with van der Waals surface area (Å²) < 4.78 is 34.3. The lowest BCUT2D eigenvalue weighted by atomic mass is 10.0. The van der Waals surface area contributed by atoms with Gasteiger partial charge in [-0.1, -0.05) is 6.07 Å². The summed E-state index contributed by atoms with van der Waals surface area (Å²) in [7, 11) is 0. The van der Waals surface area contributed by atoms with Crippen molar-refractivity contribution < 1.29 is 13.5 Å². The van der Waals surface area contributed by atoms with Gasteiger partial charge in [-0.3, -0.25) is 4.98 Å². The van der Waals surface area contributed by atoms with E-state index in [1.165, 1.54) is 6.07 Å². The topological polar surface area (TPSA) is 76.1 Å². The molecule has 0 spiro atoms. The molecule has 0 unspecified atom stereocenters. The molecular weight excluding hydrogens is 414 g/mol. The summed E-state index contributed by atoms with van der Waals surface area (Å²) in [5.74, 6) is -0.358. The summed E-state index contributed by atoms with van der Waals surface area (Å²) in [6, 6.07) is 9.31. The molecule has 3 aromatic heterocycles. The van der Waals surface area contributed by atoms with E-state index in [1.54, 1.807) is 24.5 Å². The van der Waals surface area contributed by atoms with Gasteiger partial charge in [-0.05, 0) is 25.1 Å². The number of halogens is 2. The van der Waals surface area contributed by atoms with Crippen LogP contribution in [0.25, 0.3) is 22.3 Å². The fourth-order valence-corrected chi connectivity index (χ4v) is 3.80. The van der Waals surface area contributed by atoms with Gasteiger partial charge in [0.25, 0.3) is 0 Å². The number of anilines is 3. The van der Waals surface area contributed by atoms with E-state index in [4.69, 9.17) is 4.74 Å². The van der Waals surface area contributed by atoms with Gasteiger partial charge in [-0.25, -0.2) is 18.7 Å². The van der Waals surface area contributed by atoms with Gasteiger partial charge in [-0.15, -0.1) is 0 Å². The van der Waals surface area contributed by atoms with Crippen LogP contribution in [0.5, 0.6) is 0 Å². The van der Waals surface area contributed by atoms with Gasteiger partial charge in [0.05, 0.1) is 41.2 Å². The first-order valence-corrected chi connectivity index (χ1v) is 10.2. The van der Waals surface area contributed by atoms with E-state index in [-0.39, 0.29) is 10.9 Å². The molecule has 1 fully saturated rings. The monoisotopic (exact) mass is 434 g/mol. The number of hydrogen-bond donors (Lipinski definition) is 1. The van der Waals surface area contributed by atoms with Crippen LogP contribution in [0.3, 0.4) is 0 Å². The van der Waals surface area contributed by atoms with Crippen molar-refractivity contribution >= 4 is 28.4 Å². The van der Waals surface area contributed by atoms with Crippen molar-refractivity contribution in [1.82, 2.24) is 19.9 Å². The zero-order valence-electron chi connectivity index (χ0n) is 17.3. The molecular formula is C23H20F2N6O. The molecule has 0 atom stereocenters. The van der Waals surface area contributed by atoms with Crippen LogP contribution < -0.4 is 10.2 Å². The number of nitrogens with one attached hydrogen (secondary N) is 1. The third-order valence-electron chi connectivity index (χ3n) is 5.37. The smallest absolute Gasteiger partial charge is 0.229 e. The Kier molecular flexibility index (Phi) is 5.32. The van der Waals surface area contributed by atoms with Crippen molar-refractivity contribution in [2.75, 3.05) is 36.5 Å². The van der Waals surface area contributed by atoms with Crippen molar-refractivity contribution in [3.8, 4) is 11.4 Å². The van der Waals surface area contributed by atoms with Gasteiger partial charge in [0.15, 0.2) is 0 Å². The third kappa shape index (κ3) is 3.82. The van der Waals surface area contributed by atoms with Gasteiger partial charge < -0.3 is 15.0 Å². The van der Waals surface area contributed by atoms with Crippen LogP contribution in [0.15, 0.2) is 48.8 Å². The molecule has 0 amide bonds. The molecule has 1 N–H and O–H groups in total. The first kappa shape index (κ1) is 20.2. The molecule has 5 rings (SSSR count). The summed E-state index contributed by atoms with van der Waals surface area (Å²) in [4.78, 5) is 19.9. The number of morpholine rings is 1. The van der Waals surface area contributed by atoms with Crippen LogP contribution in [-0.4, -0.2) is 46.2 Å². The van der Waals surface area contributed by atoms with Gasteiger partial charge >= 0.3 is 0 Å². The average Bonchev–Trinajstić information content (AvgIpc) is 2.82. The molecule has 0 aliphatic carbocycles. The zero-order chi connectivity index (χ0) is 22.1.